The molecule has 94 valence electrons. The van der Waals surface area contributed by atoms with Gasteiger partial charge >= 0.3 is 0 Å². The van der Waals surface area contributed by atoms with E-state index >= 15 is 0 Å². The molecular weight excluding hydrogens is 258 g/mol. The number of aliphatic imine (C=N–C) groups is 2. The molecule has 0 amide bonds. The Hall–Kier alpha value is -1.27. The fourth-order valence-corrected chi connectivity index (χ4v) is 2.66. The van der Waals surface area contributed by atoms with E-state index in [1.54, 1.807) is 0 Å². The third kappa shape index (κ3) is 3.90. The number of nitrogens with two attached hydrogens (primary N) is 3. The first-order valence-corrected chi connectivity index (χ1v) is 6.32. The van der Waals surface area contributed by atoms with Crippen molar-refractivity contribution < 1.29 is 0 Å². The Morgan fingerprint density at radius 1 is 1.47 bits per heavy atom. The summed E-state index contributed by atoms with van der Waals surface area (Å²) >= 11 is 7.52. The molecular formula is C10H16ClN5S. The second-order valence-electron chi connectivity index (χ2n) is 3.55. The Labute approximate surface area is 109 Å². The molecule has 0 radical (unpaired) electrons. The molecule has 1 rings (SSSR count). The lowest BCUT2D eigenvalue weighted by atomic mass is 10.2. The Kier molecular flexibility index (Phi) is 4.77. The van der Waals surface area contributed by atoms with Crippen LogP contribution in [0.1, 0.15) is 29.8 Å². The van der Waals surface area contributed by atoms with E-state index in [2.05, 4.69) is 9.98 Å². The van der Waals surface area contributed by atoms with Gasteiger partial charge in [0, 0.05) is 4.88 Å². The molecule has 5 nitrogen and oxygen atoms in total. The fraction of sp³-hybridized carbons (Fsp3) is 0.400. The van der Waals surface area contributed by atoms with Gasteiger partial charge in [0.25, 0.3) is 0 Å². The van der Waals surface area contributed by atoms with Gasteiger partial charge in [-0.3, -0.25) is 0 Å². The Morgan fingerprint density at radius 3 is 2.53 bits per heavy atom. The summed E-state index contributed by atoms with van der Waals surface area (Å²) in [6, 6.07) is 1.95. The van der Waals surface area contributed by atoms with Crippen molar-refractivity contribution in [3.05, 3.63) is 20.8 Å². The zero-order valence-electron chi connectivity index (χ0n) is 9.77. The van der Waals surface area contributed by atoms with Gasteiger partial charge in [-0.2, -0.15) is 4.99 Å². The highest BCUT2D eigenvalue weighted by Gasteiger charge is 2.13. The quantitative estimate of drug-likeness (QED) is 0.577. The van der Waals surface area contributed by atoms with Gasteiger partial charge in [0.15, 0.2) is 5.96 Å². The van der Waals surface area contributed by atoms with Crippen LogP contribution in [0.5, 0.6) is 0 Å². The zero-order valence-corrected chi connectivity index (χ0v) is 11.3. The number of hydrogen-bond donors (Lipinski definition) is 3. The summed E-state index contributed by atoms with van der Waals surface area (Å²) in [5, 5.41) is 0. The number of aryl methyl sites for hydroxylation is 1. The molecule has 0 aliphatic carbocycles. The highest BCUT2D eigenvalue weighted by atomic mass is 35.5. The van der Waals surface area contributed by atoms with E-state index in [9.17, 15) is 0 Å². The second-order valence-corrected chi connectivity index (χ2v) is 5.24. The van der Waals surface area contributed by atoms with Crippen molar-refractivity contribution in [2.24, 2.45) is 27.2 Å². The molecule has 17 heavy (non-hydrogen) atoms. The van der Waals surface area contributed by atoms with E-state index in [0.29, 0.717) is 0 Å². The van der Waals surface area contributed by atoms with Gasteiger partial charge in [-0.15, -0.1) is 11.3 Å². The standard InChI is InChI=1S/C10H16ClN5S/c1-3-6(15-10(14)16-9(12)13)7-4-5(2)8(11)17-7/h4,6H,3H2,1-2H3,(H6,12,13,14,15,16). The van der Waals surface area contributed by atoms with E-state index in [-0.39, 0.29) is 18.0 Å². The normalized spacial score (nSPS) is 13.5. The molecule has 6 N–H and O–H groups in total. The van der Waals surface area contributed by atoms with Crippen molar-refractivity contribution in [1.82, 2.24) is 0 Å². The lowest BCUT2D eigenvalue weighted by Crippen LogP contribution is -2.26. The van der Waals surface area contributed by atoms with E-state index < -0.39 is 0 Å². The zero-order chi connectivity index (χ0) is 13.0. The van der Waals surface area contributed by atoms with Crippen LogP contribution >= 0.6 is 22.9 Å². The first kappa shape index (κ1) is 13.8. The molecule has 1 aromatic rings. The highest BCUT2D eigenvalue weighted by molar-refractivity contribution is 7.16. The van der Waals surface area contributed by atoms with Crippen LogP contribution < -0.4 is 17.2 Å². The molecule has 0 aliphatic heterocycles. The Morgan fingerprint density at radius 2 is 2.12 bits per heavy atom. The van der Waals surface area contributed by atoms with Crippen molar-refractivity contribution in [2.45, 2.75) is 26.3 Å². The van der Waals surface area contributed by atoms with Crippen molar-refractivity contribution in [1.29, 1.82) is 0 Å². The maximum absolute atomic E-state index is 6.02. The molecule has 0 saturated carbocycles. The van der Waals surface area contributed by atoms with Gasteiger partial charge in [0.1, 0.15) is 0 Å². The first-order chi connectivity index (χ1) is 7.93. The van der Waals surface area contributed by atoms with Crippen LogP contribution in [0.3, 0.4) is 0 Å². The Balaban J connectivity index is 2.96. The summed E-state index contributed by atoms with van der Waals surface area (Å²) in [6.45, 7) is 3.97. The molecule has 1 unspecified atom stereocenters. The number of nitrogens with zero attached hydrogens (tertiary/aromatic N) is 2. The van der Waals surface area contributed by atoms with Crippen LogP contribution in [0, 0.1) is 6.92 Å². The third-order valence-corrected chi connectivity index (χ3v) is 3.78. The minimum Gasteiger partial charge on any atom is -0.370 e. The first-order valence-electron chi connectivity index (χ1n) is 5.12. The van der Waals surface area contributed by atoms with Crippen molar-refractivity contribution >= 4 is 34.9 Å². The van der Waals surface area contributed by atoms with Crippen LogP contribution in [-0.2, 0) is 0 Å². The van der Waals surface area contributed by atoms with Crippen LogP contribution in [-0.4, -0.2) is 11.9 Å². The molecule has 0 saturated heterocycles. The summed E-state index contributed by atoms with van der Waals surface area (Å²) in [7, 11) is 0. The van der Waals surface area contributed by atoms with Crippen LogP contribution in [0.25, 0.3) is 0 Å². The van der Waals surface area contributed by atoms with E-state index in [1.165, 1.54) is 11.3 Å². The van der Waals surface area contributed by atoms with Gasteiger partial charge in [0.2, 0.25) is 5.96 Å². The predicted octanol–water partition coefficient (Wildman–Crippen LogP) is 1.75. The number of thiophene rings is 1. The number of guanidine groups is 2. The van der Waals surface area contributed by atoms with Crippen molar-refractivity contribution in [3.63, 3.8) is 0 Å². The monoisotopic (exact) mass is 273 g/mol. The second kappa shape index (κ2) is 5.88. The number of hydrogen-bond acceptors (Lipinski definition) is 2. The molecule has 1 aromatic heterocycles. The summed E-state index contributed by atoms with van der Waals surface area (Å²) in [5.41, 5.74) is 17.1. The lowest BCUT2D eigenvalue weighted by Gasteiger charge is -2.07. The van der Waals surface area contributed by atoms with Crippen LogP contribution in [0.2, 0.25) is 4.34 Å². The smallest absolute Gasteiger partial charge is 0.219 e. The van der Waals surface area contributed by atoms with E-state index in [0.717, 1.165) is 21.2 Å². The third-order valence-electron chi connectivity index (χ3n) is 2.12. The van der Waals surface area contributed by atoms with E-state index in [4.69, 9.17) is 28.8 Å². The summed E-state index contributed by atoms with van der Waals surface area (Å²) in [5.74, 6) is -0.0134. The Bertz CT molecular complexity index is 428. The molecule has 0 aliphatic rings. The van der Waals surface area contributed by atoms with Gasteiger partial charge in [0.05, 0.1) is 10.4 Å². The maximum atomic E-state index is 6.02. The molecule has 0 fully saturated rings. The largest absolute Gasteiger partial charge is 0.370 e. The summed E-state index contributed by atoms with van der Waals surface area (Å²) < 4.78 is 0.772. The number of halogens is 1. The summed E-state index contributed by atoms with van der Waals surface area (Å²) in [4.78, 5) is 9.01. The predicted molar refractivity (Wildman–Crippen MR) is 74.5 cm³/mol. The van der Waals surface area contributed by atoms with Gasteiger partial charge in [-0.05, 0) is 25.0 Å². The molecule has 0 spiro atoms. The average molecular weight is 274 g/mol. The molecule has 1 atom stereocenters. The van der Waals surface area contributed by atoms with Gasteiger partial charge in [-0.1, -0.05) is 18.5 Å². The minimum absolute atomic E-state index is 0.0608. The van der Waals surface area contributed by atoms with Crippen LogP contribution in [0.15, 0.2) is 16.1 Å². The van der Waals surface area contributed by atoms with Gasteiger partial charge < -0.3 is 17.2 Å². The lowest BCUT2D eigenvalue weighted by molar-refractivity contribution is 0.712. The van der Waals surface area contributed by atoms with E-state index in [1.807, 2.05) is 19.9 Å². The topological polar surface area (TPSA) is 103 Å². The average Bonchev–Trinajstić information content (AvgIpc) is 2.54. The molecule has 0 bridgehead atoms. The fourth-order valence-electron chi connectivity index (χ4n) is 1.32. The van der Waals surface area contributed by atoms with Gasteiger partial charge in [-0.25, -0.2) is 4.99 Å². The number of rotatable bonds is 3. The highest BCUT2D eigenvalue weighted by Crippen LogP contribution is 2.34. The molecule has 0 aromatic carbocycles. The summed E-state index contributed by atoms with van der Waals surface area (Å²) in [6.07, 6.45) is 0.803. The molecule has 1 heterocycles. The van der Waals surface area contributed by atoms with Crippen molar-refractivity contribution in [2.75, 3.05) is 0 Å². The maximum Gasteiger partial charge on any atom is 0.219 e. The minimum atomic E-state index is -0.0958. The SMILES string of the molecule is CCC(N=C(N)N=C(N)N)c1cc(C)c(Cl)s1. The van der Waals surface area contributed by atoms with Crippen LogP contribution in [0.4, 0.5) is 0 Å². The van der Waals surface area contributed by atoms with Crippen molar-refractivity contribution in [3.8, 4) is 0 Å². The molecule has 7 heteroatoms.